The zero-order valence-electron chi connectivity index (χ0n) is 12.0. The van der Waals surface area contributed by atoms with Crippen molar-refractivity contribution in [3.63, 3.8) is 0 Å². The minimum Gasteiger partial charge on any atom is -0.314 e. The number of benzene rings is 1. The summed E-state index contributed by atoms with van der Waals surface area (Å²) in [7, 11) is 0. The standard InChI is InChI=1S/C16H25F2N/c1-3-5-6-7-10-14(19-4-2)12-13-9-8-11-15(17)16(13)18/h8-9,11,14,19H,3-7,10,12H2,1-2H3. The zero-order valence-corrected chi connectivity index (χ0v) is 12.0. The first-order chi connectivity index (χ1) is 9.19. The minimum absolute atomic E-state index is 0.234. The van der Waals surface area contributed by atoms with Crippen LogP contribution in [0, 0.1) is 11.6 Å². The Labute approximate surface area is 115 Å². The van der Waals surface area contributed by atoms with Crippen LogP contribution in [0.1, 0.15) is 51.5 Å². The van der Waals surface area contributed by atoms with E-state index in [0.717, 1.165) is 19.4 Å². The summed E-state index contributed by atoms with van der Waals surface area (Å²) in [5.41, 5.74) is 0.474. The van der Waals surface area contributed by atoms with Gasteiger partial charge in [0.25, 0.3) is 0 Å². The fraction of sp³-hybridized carbons (Fsp3) is 0.625. The molecule has 0 saturated heterocycles. The van der Waals surface area contributed by atoms with E-state index in [2.05, 4.69) is 12.2 Å². The van der Waals surface area contributed by atoms with Crippen LogP contribution < -0.4 is 5.32 Å². The third-order valence-electron chi connectivity index (χ3n) is 3.40. The highest BCUT2D eigenvalue weighted by atomic mass is 19.2. The van der Waals surface area contributed by atoms with E-state index >= 15 is 0 Å². The van der Waals surface area contributed by atoms with E-state index in [-0.39, 0.29) is 6.04 Å². The summed E-state index contributed by atoms with van der Waals surface area (Å²) in [6.07, 6.45) is 6.39. The highest BCUT2D eigenvalue weighted by Crippen LogP contribution is 2.16. The van der Waals surface area contributed by atoms with Gasteiger partial charge in [0, 0.05) is 6.04 Å². The van der Waals surface area contributed by atoms with Crippen molar-refractivity contribution in [1.29, 1.82) is 0 Å². The van der Waals surface area contributed by atoms with E-state index in [1.807, 2.05) is 6.92 Å². The van der Waals surface area contributed by atoms with Gasteiger partial charge in [-0.25, -0.2) is 8.78 Å². The summed E-state index contributed by atoms with van der Waals surface area (Å²) in [6.45, 7) is 5.08. The van der Waals surface area contributed by atoms with Crippen LogP contribution in [0.25, 0.3) is 0 Å². The molecule has 3 heteroatoms. The molecule has 0 spiro atoms. The molecule has 1 unspecified atom stereocenters. The monoisotopic (exact) mass is 269 g/mol. The highest BCUT2D eigenvalue weighted by Gasteiger charge is 2.13. The summed E-state index contributed by atoms with van der Waals surface area (Å²) in [5.74, 6) is -1.45. The molecule has 108 valence electrons. The topological polar surface area (TPSA) is 12.0 Å². The number of unbranched alkanes of at least 4 members (excludes halogenated alkanes) is 3. The molecule has 0 saturated carbocycles. The van der Waals surface area contributed by atoms with Crippen LogP contribution in [0.5, 0.6) is 0 Å². The predicted molar refractivity (Wildman–Crippen MR) is 76.3 cm³/mol. The maximum absolute atomic E-state index is 13.6. The second-order valence-corrected chi connectivity index (χ2v) is 5.02. The maximum atomic E-state index is 13.6. The SMILES string of the molecule is CCCCCCC(Cc1cccc(F)c1F)NCC. The normalized spacial score (nSPS) is 12.6. The second-order valence-electron chi connectivity index (χ2n) is 5.02. The average molecular weight is 269 g/mol. The lowest BCUT2D eigenvalue weighted by atomic mass is 9.99. The number of likely N-dealkylation sites (N-methyl/N-ethyl adjacent to an activating group) is 1. The van der Waals surface area contributed by atoms with Gasteiger partial charge in [0.15, 0.2) is 11.6 Å². The van der Waals surface area contributed by atoms with Gasteiger partial charge in [-0.1, -0.05) is 51.7 Å². The van der Waals surface area contributed by atoms with Crippen LogP contribution >= 0.6 is 0 Å². The van der Waals surface area contributed by atoms with Gasteiger partial charge in [0.2, 0.25) is 0 Å². The Morgan fingerprint density at radius 1 is 1.11 bits per heavy atom. The number of halogens is 2. The van der Waals surface area contributed by atoms with Crippen molar-refractivity contribution in [3.05, 3.63) is 35.4 Å². The molecule has 1 atom stereocenters. The molecule has 0 amide bonds. The van der Waals surface area contributed by atoms with E-state index in [0.29, 0.717) is 12.0 Å². The van der Waals surface area contributed by atoms with Gasteiger partial charge < -0.3 is 5.32 Å². The largest absolute Gasteiger partial charge is 0.314 e. The molecule has 0 heterocycles. The van der Waals surface area contributed by atoms with Crippen LogP contribution in [0.4, 0.5) is 8.78 Å². The number of hydrogen-bond donors (Lipinski definition) is 1. The third-order valence-corrected chi connectivity index (χ3v) is 3.40. The van der Waals surface area contributed by atoms with Gasteiger partial charge in [-0.15, -0.1) is 0 Å². The van der Waals surface area contributed by atoms with E-state index < -0.39 is 11.6 Å². The van der Waals surface area contributed by atoms with Crippen molar-refractivity contribution in [2.24, 2.45) is 0 Å². The molecule has 1 N–H and O–H groups in total. The summed E-state index contributed by atoms with van der Waals surface area (Å²) >= 11 is 0. The van der Waals surface area contributed by atoms with Crippen LogP contribution in [0.15, 0.2) is 18.2 Å². The van der Waals surface area contributed by atoms with Crippen LogP contribution in [0.3, 0.4) is 0 Å². The minimum atomic E-state index is -0.751. The fourth-order valence-corrected chi connectivity index (χ4v) is 2.35. The van der Waals surface area contributed by atoms with Crippen molar-refractivity contribution in [1.82, 2.24) is 5.32 Å². The lowest BCUT2D eigenvalue weighted by molar-refractivity contribution is 0.445. The number of nitrogens with one attached hydrogen (secondary N) is 1. The van der Waals surface area contributed by atoms with Crippen molar-refractivity contribution in [3.8, 4) is 0 Å². The van der Waals surface area contributed by atoms with Crippen molar-refractivity contribution in [2.45, 2.75) is 58.4 Å². The molecule has 1 aromatic rings. The van der Waals surface area contributed by atoms with E-state index in [1.54, 1.807) is 12.1 Å². The van der Waals surface area contributed by atoms with Crippen molar-refractivity contribution in [2.75, 3.05) is 6.54 Å². The van der Waals surface area contributed by atoms with Crippen LogP contribution in [-0.4, -0.2) is 12.6 Å². The molecular weight excluding hydrogens is 244 g/mol. The van der Waals surface area contributed by atoms with Gasteiger partial charge >= 0.3 is 0 Å². The van der Waals surface area contributed by atoms with Crippen molar-refractivity contribution < 1.29 is 8.78 Å². The van der Waals surface area contributed by atoms with Gasteiger partial charge in [-0.3, -0.25) is 0 Å². The quantitative estimate of drug-likeness (QED) is 0.653. The predicted octanol–water partition coefficient (Wildman–Crippen LogP) is 4.46. The Morgan fingerprint density at radius 2 is 1.89 bits per heavy atom. The Balaban J connectivity index is 2.54. The van der Waals surface area contributed by atoms with Crippen LogP contribution in [0.2, 0.25) is 0 Å². The molecule has 19 heavy (non-hydrogen) atoms. The van der Waals surface area contributed by atoms with Crippen molar-refractivity contribution >= 4 is 0 Å². The van der Waals surface area contributed by atoms with Gasteiger partial charge in [0.05, 0.1) is 0 Å². The lowest BCUT2D eigenvalue weighted by Crippen LogP contribution is -2.31. The zero-order chi connectivity index (χ0) is 14.1. The Kier molecular flexibility index (Phi) is 7.65. The second kappa shape index (κ2) is 9.03. The smallest absolute Gasteiger partial charge is 0.162 e. The molecular formula is C16H25F2N. The third kappa shape index (κ3) is 5.68. The first-order valence-corrected chi connectivity index (χ1v) is 7.35. The van der Waals surface area contributed by atoms with Gasteiger partial charge in [-0.05, 0) is 31.0 Å². The molecule has 0 aliphatic heterocycles. The van der Waals surface area contributed by atoms with Crippen LogP contribution in [-0.2, 0) is 6.42 Å². The van der Waals surface area contributed by atoms with E-state index in [4.69, 9.17) is 0 Å². The molecule has 1 nitrogen and oxygen atoms in total. The summed E-state index contributed by atoms with van der Waals surface area (Å²) < 4.78 is 26.8. The molecule has 0 aliphatic carbocycles. The van der Waals surface area contributed by atoms with E-state index in [1.165, 1.54) is 25.3 Å². The molecule has 0 radical (unpaired) electrons. The first-order valence-electron chi connectivity index (χ1n) is 7.35. The Morgan fingerprint density at radius 3 is 2.58 bits per heavy atom. The summed E-state index contributed by atoms with van der Waals surface area (Å²) in [4.78, 5) is 0. The molecule has 0 bridgehead atoms. The average Bonchev–Trinajstić information content (AvgIpc) is 2.40. The number of rotatable bonds is 9. The maximum Gasteiger partial charge on any atom is 0.162 e. The lowest BCUT2D eigenvalue weighted by Gasteiger charge is -2.18. The Hall–Kier alpha value is -0.960. The fourth-order valence-electron chi connectivity index (χ4n) is 2.35. The van der Waals surface area contributed by atoms with Gasteiger partial charge in [0.1, 0.15) is 0 Å². The van der Waals surface area contributed by atoms with Gasteiger partial charge in [-0.2, -0.15) is 0 Å². The summed E-state index contributed by atoms with van der Waals surface area (Å²) in [6, 6.07) is 4.66. The molecule has 1 aromatic carbocycles. The molecule has 0 aromatic heterocycles. The number of hydrogen-bond acceptors (Lipinski definition) is 1. The molecule has 0 fully saturated rings. The molecule has 1 rings (SSSR count). The highest BCUT2D eigenvalue weighted by molar-refractivity contribution is 5.20. The Bertz CT molecular complexity index is 366. The molecule has 0 aliphatic rings. The first kappa shape index (κ1) is 16.1. The van der Waals surface area contributed by atoms with E-state index in [9.17, 15) is 8.78 Å². The summed E-state index contributed by atoms with van der Waals surface area (Å²) in [5, 5.41) is 3.37.